The van der Waals surface area contributed by atoms with Gasteiger partial charge in [0.1, 0.15) is 0 Å². The molecule has 2 atom stereocenters. The fourth-order valence-corrected chi connectivity index (χ4v) is 3.86. The number of likely N-dealkylation sites (tertiary alicyclic amines) is 2. The van der Waals surface area contributed by atoms with Crippen LogP contribution in [0.3, 0.4) is 0 Å². The highest BCUT2D eigenvalue weighted by atomic mass is 16.3. The zero-order chi connectivity index (χ0) is 16.1. The molecule has 0 spiro atoms. The van der Waals surface area contributed by atoms with Gasteiger partial charge in [0, 0.05) is 19.1 Å². The molecule has 23 heavy (non-hydrogen) atoms. The average Bonchev–Trinajstić information content (AvgIpc) is 3.03. The highest BCUT2D eigenvalue weighted by molar-refractivity contribution is 5.78. The normalized spacial score (nSPS) is 23.9. The molecule has 0 saturated carbocycles. The van der Waals surface area contributed by atoms with E-state index in [4.69, 9.17) is 0 Å². The molecule has 0 aliphatic carbocycles. The topological polar surface area (TPSA) is 43.8 Å². The Balaban J connectivity index is 1.54. The number of benzene rings is 1. The monoisotopic (exact) mass is 316 g/mol. The van der Waals surface area contributed by atoms with Gasteiger partial charge < -0.3 is 10.0 Å². The third-order valence-corrected chi connectivity index (χ3v) is 5.23. The number of nitrogens with zero attached hydrogens (tertiary/aromatic N) is 2. The van der Waals surface area contributed by atoms with Crippen LogP contribution in [0.4, 0.5) is 0 Å². The van der Waals surface area contributed by atoms with E-state index < -0.39 is 6.10 Å². The van der Waals surface area contributed by atoms with Gasteiger partial charge in [0.2, 0.25) is 5.91 Å². The van der Waals surface area contributed by atoms with Crippen LogP contribution in [-0.4, -0.2) is 53.0 Å². The van der Waals surface area contributed by atoms with E-state index in [1.54, 1.807) is 0 Å². The first kappa shape index (κ1) is 16.5. The number of piperidine rings is 1. The maximum atomic E-state index is 12.5. The minimum atomic E-state index is -0.438. The first-order valence-corrected chi connectivity index (χ1v) is 8.99. The molecule has 3 rings (SSSR count). The molecule has 2 fully saturated rings. The van der Waals surface area contributed by atoms with Crippen molar-refractivity contribution in [2.75, 3.05) is 26.2 Å². The Bertz CT molecular complexity index is 499. The Morgan fingerprint density at radius 1 is 1.09 bits per heavy atom. The average molecular weight is 316 g/mol. The predicted molar refractivity (Wildman–Crippen MR) is 91.0 cm³/mol. The molecule has 1 amide bonds. The molecule has 0 bridgehead atoms. The Hall–Kier alpha value is -1.39. The second-order valence-corrected chi connectivity index (χ2v) is 6.87. The van der Waals surface area contributed by atoms with Crippen molar-refractivity contribution in [2.24, 2.45) is 0 Å². The summed E-state index contributed by atoms with van der Waals surface area (Å²) in [5.41, 5.74) is 0.974. The van der Waals surface area contributed by atoms with E-state index in [0.717, 1.165) is 57.3 Å². The largest absolute Gasteiger partial charge is 0.388 e. The van der Waals surface area contributed by atoms with E-state index >= 15 is 0 Å². The molecule has 0 aromatic heterocycles. The molecule has 2 aliphatic rings. The Labute approximate surface area is 139 Å². The minimum Gasteiger partial charge on any atom is -0.388 e. The first-order chi connectivity index (χ1) is 11.2. The number of aliphatic hydroxyl groups is 1. The van der Waals surface area contributed by atoms with Crippen LogP contribution in [0.1, 0.15) is 50.2 Å². The molecule has 4 heteroatoms. The number of hydrogen-bond acceptors (Lipinski definition) is 3. The molecule has 126 valence electrons. The maximum absolute atomic E-state index is 12.5. The smallest absolute Gasteiger partial charge is 0.236 e. The van der Waals surface area contributed by atoms with Crippen LogP contribution in [0.15, 0.2) is 30.3 Å². The van der Waals surface area contributed by atoms with Crippen molar-refractivity contribution in [3.63, 3.8) is 0 Å². The predicted octanol–water partition coefficient (Wildman–Crippen LogP) is 2.59. The van der Waals surface area contributed by atoms with Gasteiger partial charge in [-0.15, -0.1) is 0 Å². The number of amides is 1. The second-order valence-electron chi connectivity index (χ2n) is 6.87. The molecular weight excluding hydrogens is 288 g/mol. The van der Waals surface area contributed by atoms with Crippen LogP contribution in [0.2, 0.25) is 0 Å². The van der Waals surface area contributed by atoms with Gasteiger partial charge in [-0.3, -0.25) is 9.69 Å². The molecule has 1 aromatic rings. The fourth-order valence-electron chi connectivity index (χ4n) is 3.86. The lowest BCUT2D eigenvalue weighted by Gasteiger charge is -2.31. The van der Waals surface area contributed by atoms with Gasteiger partial charge in [-0.2, -0.15) is 0 Å². The van der Waals surface area contributed by atoms with Crippen molar-refractivity contribution >= 4 is 5.91 Å². The summed E-state index contributed by atoms with van der Waals surface area (Å²) in [5.74, 6) is 0.269. The Morgan fingerprint density at radius 2 is 1.83 bits per heavy atom. The van der Waals surface area contributed by atoms with Crippen LogP contribution in [0, 0.1) is 0 Å². The number of rotatable bonds is 5. The van der Waals surface area contributed by atoms with Gasteiger partial charge in [0.25, 0.3) is 0 Å². The van der Waals surface area contributed by atoms with Crippen LogP contribution >= 0.6 is 0 Å². The van der Waals surface area contributed by atoms with Gasteiger partial charge in [0.15, 0.2) is 0 Å². The molecule has 0 radical (unpaired) electrons. The lowest BCUT2D eigenvalue weighted by Crippen LogP contribution is -2.44. The third-order valence-electron chi connectivity index (χ3n) is 5.23. The van der Waals surface area contributed by atoms with E-state index in [2.05, 4.69) is 4.90 Å². The maximum Gasteiger partial charge on any atom is 0.236 e. The van der Waals surface area contributed by atoms with E-state index in [9.17, 15) is 9.90 Å². The fraction of sp³-hybridized carbons (Fsp3) is 0.632. The van der Waals surface area contributed by atoms with Gasteiger partial charge in [-0.05, 0) is 50.6 Å². The summed E-state index contributed by atoms with van der Waals surface area (Å²) < 4.78 is 0. The van der Waals surface area contributed by atoms with Gasteiger partial charge in [0.05, 0.1) is 12.6 Å². The van der Waals surface area contributed by atoms with E-state index in [0.29, 0.717) is 12.6 Å². The molecule has 2 unspecified atom stereocenters. The summed E-state index contributed by atoms with van der Waals surface area (Å²) in [7, 11) is 0. The van der Waals surface area contributed by atoms with Crippen molar-refractivity contribution in [3.8, 4) is 0 Å². The summed E-state index contributed by atoms with van der Waals surface area (Å²) in [6.07, 6.45) is 6.02. The molecule has 2 heterocycles. The van der Waals surface area contributed by atoms with E-state index in [-0.39, 0.29) is 5.91 Å². The number of hydrogen-bond donors (Lipinski definition) is 1. The highest BCUT2D eigenvalue weighted by Crippen LogP contribution is 2.27. The highest BCUT2D eigenvalue weighted by Gasteiger charge is 2.30. The van der Waals surface area contributed by atoms with Crippen molar-refractivity contribution in [1.29, 1.82) is 0 Å². The van der Waals surface area contributed by atoms with Crippen molar-refractivity contribution < 1.29 is 9.90 Å². The van der Waals surface area contributed by atoms with Gasteiger partial charge in [-0.25, -0.2) is 0 Å². The number of carbonyl (C=O) groups is 1. The SMILES string of the molecule is O=C(CN1CCCC1CC(O)c1ccccc1)N1CCCCC1. The lowest BCUT2D eigenvalue weighted by molar-refractivity contribution is -0.133. The van der Waals surface area contributed by atoms with Crippen molar-refractivity contribution in [1.82, 2.24) is 9.80 Å². The van der Waals surface area contributed by atoms with Crippen LogP contribution in [0.25, 0.3) is 0 Å². The van der Waals surface area contributed by atoms with Gasteiger partial charge in [-0.1, -0.05) is 30.3 Å². The number of carbonyl (C=O) groups excluding carboxylic acids is 1. The molecule has 2 saturated heterocycles. The quantitative estimate of drug-likeness (QED) is 0.908. The van der Waals surface area contributed by atoms with Crippen LogP contribution < -0.4 is 0 Å². The first-order valence-electron chi connectivity index (χ1n) is 8.99. The molecular formula is C19H28N2O2. The van der Waals surface area contributed by atoms with Crippen molar-refractivity contribution in [2.45, 2.75) is 50.7 Å². The summed E-state index contributed by atoms with van der Waals surface area (Å²) in [6, 6.07) is 10.2. The minimum absolute atomic E-state index is 0.269. The molecule has 1 aromatic carbocycles. The molecule has 1 N–H and O–H groups in total. The summed E-state index contributed by atoms with van der Waals surface area (Å²) >= 11 is 0. The van der Waals surface area contributed by atoms with Crippen molar-refractivity contribution in [3.05, 3.63) is 35.9 Å². The summed E-state index contributed by atoms with van der Waals surface area (Å²) in [5, 5.41) is 10.5. The molecule has 2 aliphatic heterocycles. The van der Waals surface area contributed by atoms with Crippen LogP contribution in [0.5, 0.6) is 0 Å². The Kier molecular flexibility index (Phi) is 5.68. The van der Waals surface area contributed by atoms with Crippen LogP contribution in [-0.2, 0) is 4.79 Å². The standard InChI is InChI=1S/C19H28N2O2/c22-18(16-8-3-1-4-9-16)14-17-10-7-13-21(17)15-19(23)20-11-5-2-6-12-20/h1,3-4,8-9,17-18,22H,2,5-7,10-15H2. The number of aliphatic hydroxyl groups excluding tert-OH is 1. The summed E-state index contributed by atoms with van der Waals surface area (Å²) in [6.45, 7) is 3.34. The Morgan fingerprint density at radius 3 is 2.57 bits per heavy atom. The summed E-state index contributed by atoms with van der Waals surface area (Å²) in [4.78, 5) is 16.8. The lowest BCUT2D eigenvalue weighted by atomic mass is 10.0. The molecule has 4 nitrogen and oxygen atoms in total. The zero-order valence-corrected chi connectivity index (χ0v) is 13.9. The zero-order valence-electron chi connectivity index (χ0n) is 13.9. The van der Waals surface area contributed by atoms with E-state index in [1.807, 2.05) is 35.2 Å². The second kappa shape index (κ2) is 7.93. The third kappa shape index (κ3) is 4.33. The van der Waals surface area contributed by atoms with Gasteiger partial charge >= 0.3 is 0 Å². The van der Waals surface area contributed by atoms with E-state index in [1.165, 1.54) is 6.42 Å².